The van der Waals surface area contributed by atoms with Gasteiger partial charge in [0.25, 0.3) is 0 Å². The highest BCUT2D eigenvalue weighted by atomic mass is 16.5. The van der Waals surface area contributed by atoms with Gasteiger partial charge in [0, 0.05) is 31.2 Å². The van der Waals surface area contributed by atoms with Gasteiger partial charge in [0.05, 0.1) is 0 Å². The van der Waals surface area contributed by atoms with E-state index in [0.717, 1.165) is 38.5 Å². The van der Waals surface area contributed by atoms with Crippen LogP contribution in [-0.2, 0) is 6.54 Å². The molecule has 0 fully saturated rings. The molecule has 1 aliphatic rings. The van der Waals surface area contributed by atoms with Gasteiger partial charge in [0.2, 0.25) is 0 Å². The summed E-state index contributed by atoms with van der Waals surface area (Å²) in [6, 6.07) is 8.91. The Bertz CT molecular complexity index is 392. The zero-order valence-corrected chi connectivity index (χ0v) is 12.4. The minimum absolute atomic E-state index is 0.536. The minimum Gasteiger partial charge on any atom is -0.492 e. The van der Waals surface area contributed by atoms with Crippen LogP contribution < -0.4 is 10.1 Å². The maximum atomic E-state index is 5.81. The van der Waals surface area contributed by atoms with Gasteiger partial charge in [-0.3, -0.25) is 4.90 Å². The number of rotatable bonds is 5. The standard InChI is InChI=1S/C16H26N2O/c1-13(2)10-17-11-14(3)18-8-9-19-16-7-5-4-6-15(16)12-18/h4-7,13-14,17H,8-12H2,1-3H3. The second-order valence-corrected chi connectivity index (χ2v) is 5.83. The third kappa shape index (κ3) is 4.22. The Balaban J connectivity index is 1.90. The maximum Gasteiger partial charge on any atom is 0.123 e. The fourth-order valence-corrected chi connectivity index (χ4v) is 2.43. The minimum atomic E-state index is 0.536. The normalized spacial score (nSPS) is 17.7. The van der Waals surface area contributed by atoms with Gasteiger partial charge in [-0.2, -0.15) is 0 Å². The van der Waals surface area contributed by atoms with Crippen molar-refractivity contribution in [3.63, 3.8) is 0 Å². The first kappa shape index (κ1) is 14.4. The van der Waals surface area contributed by atoms with E-state index in [0.29, 0.717) is 12.0 Å². The van der Waals surface area contributed by atoms with E-state index in [2.05, 4.69) is 49.2 Å². The van der Waals surface area contributed by atoms with Gasteiger partial charge in [-0.25, -0.2) is 0 Å². The van der Waals surface area contributed by atoms with E-state index in [1.54, 1.807) is 0 Å². The quantitative estimate of drug-likeness (QED) is 0.882. The van der Waals surface area contributed by atoms with Crippen LogP contribution in [-0.4, -0.2) is 37.2 Å². The lowest BCUT2D eigenvalue weighted by Gasteiger charge is -2.27. The van der Waals surface area contributed by atoms with Crippen molar-refractivity contribution in [3.05, 3.63) is 29.8 Å². The summed E-state index contributed by atoms with van der Waals surface area (Å²) in [5, 5.41) is 3.54. The van der Waals surface area contributed by atoms with Crippen molar-refractivity contribution < 1.29 is 4.74 Å². The molecule has 0 aromatic heterocycles. The molecule has 0 amide bonds. The fourth-order valence-electron chi connectivity index (χ4n) is 2.43. The van der Waals surface area contributed by atoms with Gasteiger partial charge in [0.15, 0.2) is 0 Å². The Morgan fingerprint density at radius 3 is 2.79 bits per heavy atom. The molecule has 1 aromatic rings. The van der Waals surface area contributed by atoms with E-state index < -0.39 is 0 Å². The summed E-state index contributed by atoms with van der Waals surface area (Å²) in [7, 11) is 0. The molecule has 0 spiro atoms. The smallest absolute Gasteiger partial charge is 0.123 e. The lowest BCUT2D eigenvalue weighted by atomic mass is 10.1. The van der Waals surface area contributed by atoms with E-state index in [-0.39, 0.29) is 0 Å². The first-order valence-corrected chi connectivity index (χ1v) is 7.32. The number of fused-ring (bicyclic) bond motifs is 1. The van der Waals surface area contributed by atoms with E-state index in [4.69, 9.17) is 4.74 Å². The lowest BCUT2D eigenvalue weighted by Crippen LogP contribution is -2.41. The Morgan fingerprint density at radius 2 is 2.00 bits per heavy atom. The molecular formula is C16H26N2O. The Labute approximate surface area is 116 Å². The number of benzene rings is 1. The molecular weight excluding hydrogens is 236 g/mol. The Kier molecular flexibility index (Phi) is 5.23. The lowest BCUT2D eigenvalue weighted by molar-refractivity contribution is 0.175. The molecule has 1 heterocycles. The second-order valence-electron chi connectivity index (χ2n) is 5.83. The molecule has 1 atom stereocenters. The average molecular weight is 262 g/mol. The van der Waals surface area contributed by atoms with Crippen LogP contribution in [0.1, 0.15) is 26.3 Å². The van der Waals surface area contributed by atoms with Crippen LogP contribution >= 0.6 is 0 Å². The van der Waals surface area contributed by atoms with Crippen molar-refractivity contribution in [2.24, 2.45) is 5.92 Å². The highest BCUT2D eigenvalue weighted by Gasteiger charge is 2.19. The molecule has 0 saturated carbocycles. The van der Waals surface area contributed by atoms with Crippen LogP contribution in [0.4, 0.5) is 0 Å². The molecule has 1 aliphatic heterocycles. The molecule has 3 heteroatoms. The highest BCUT2D eigenvalue weighted by Crippen LogP contribution is 2.23. The second kappa shape index (κ2) is 6.92. The fraction of sp³-hybridized carbons (Fsp3) is 0.625. The predicted molar refractivity (Wildman–Crippen MR) is 79.5 cm³/mol. The molecule has 2 rings (SSSR count). The number of ether oxygens (including phenoxy) is 1. The van der Waals surface area contributed by atoms with Crippen LogP contribution in [0.2, 0.25) is 0 Å². The van der Waals surface area contributed by atoms with Gasteiger partial charge < -0.3 is 10.1 Å². The van der Waals surface area contributed by atoms with Crippen molar-refractivity contribution in [1.82, 2.24) is 10.2 Å². The average Bonchev–Trinajstić information content (AvgIpc) is 2.60. The van der Waals surface area contributed by atoms with Crippen molar-refractivity contribution in [2.75, 3.05) is 26.2 Å². The third-order valence-corrected chi connectivity index (χ3v) is 3.60. The highest BCUT2D eigenvalue weighted by molar-refractivity contribution is 5.33. The summed E-state index contributed by atoms with van der Waals surface area (Å²) in [6.45, 7) is 11.7. The van der Waals surface area contributed by atoms with Crippen LogP contribution in [0.15, 0.2) is 24.3 Å². The van der Waals surface area contributed by atoms with Crippen molar-refractivity contribution in [3.8, 4) is 5.75 Å². The van der Waals surface area contributed by atoms with Crippen LogP contribution in [0.25, 0.3) is 0 Å². The summed E-state index contributed by atoms with van der Waals surface area (Å²) >= 11 is 0. The van der Waals surface area contributed by atoms with Gasteiger partial charge in [-0.15, -0.1) is 0 Å². The van der Waals surface area contributed by atoms with Gasteiger partial charge in [-0.1, -0.05) is 32.0 Å². The van der Waals surface area contributed by atoms with E-state index in [9.17, 15) is 0 Å². The monoisotopic (exact) mass is 262 g/mol. The van der Waals surface area contributed by atoms with Crippen molar-refractivity contribution in [1.29, 1.82) is 0 Å². The zero-order chi connectivity index (χ0) is 13.7. The number of para-hydroxylation sites is 1. The van der Waals surface area contributed by atoms with Crippen molar-refractivity contribution >= 4 is 0 Å². The summed E-state index contributed by atoms with van der Waals surface area (Å²) in [6.07, 6.45) is 0. The van der Waals surface area contributed by atoms with Gasteiger partial charge >= 0.3 is 0 Å². The largest absolute Gasteiger partial charge is 0.492 e. The molecule has 1 aromatic carbocycles. The number of hydrogen-bond acceptors (Lipinski definition) is 3. The van der Waals surface area contributed by atoms with Crippen LogP contribution in [0.3, 0.4) is 0 Å². The molecule has 0 radical (unpaired) electrons. The van der Waals surface area contributed by atoms with Crippen LogP contribution in [0.5, 0.6) is 5.75 Å². The predicted octanol–water partition coefficient (Wildman–Crippen LogP) is 2.52. The number of nitrogens with one attached hydrogen (secondary N) is 1. The van der Waals surface area contributed by atoms with E-state index in [1.807, 2.05) is 6.07 Å². The number of nitrogens with zero attached hydrogens (tertiary/aromatic N) is 1. The molecule has 3 nitrogen and oxygen atoms in total. The summed E-state index contributed by atoms with van der Waals surface area (Å²) in [5.41, 5.74) is 1.30. The molecule has 0 bridgehead atoms. The van der Waals surface area contributed by atoms with E-state index in [1.165, 1.54) is 5.56 Å². The molecule has 19 heavy (non-hydrogen) atoms. The molecule has 0 aliphatic carbocycles. The molecule has 1 N–H and O–H groups in total. The van der Waals surface area contributed by atoms with Crippen LogP contribution in [0, 0.1) is 5.92 Å². The Hall–Kier alpha value is -1.06. The zero-order valence-electron chi connectivity index (χ0n) is 12.4. The molecule has 106 valence electrons. The Morgan fingerprint density at radius 1 is 1.21 bits per heavy atom. The molecule has 0 saturated heterocycles. The van der Waals surface area contributed by atoms with Crippen molar-refractivity contribution in [2.45, 2.75) is 33.4 Å². The first-order chi connectivity index (χ1) is 9.16. The molecule has 1 unspecified atom stereocenters. The van der Waals surface area contributed by atoms with E-state index >= 15 is 0 Å². The van der Waals surface area contributed by atoms with Gasteiger partial charge in [-0.05, 0) is 25.5 Å². The first-order valence-electron chi connectivity index (χ1n) is 7.32. The summed E-state index contributed by atoms with van der Waals surface area (Å²) in [5.74, 6) is 1.76. The summed E-state index contributed by atoms with van der Waals surface area (Å²) in [4.78, 5) is 2.50. The topological polar surface area (TPSA) is 24.5 Å². The summed E-state index contributed by atoms with van der Waals surface area (Å²) < 4.78 is 5.81. The van der Waals surface area contributed by atoms with Gasteiger partial charge in [0.1, 0.15) is 12.4 Å². The SMILES string of the molecule is CC(C)CNCC(C)N1CCOc2ccccc2C1. The third-order valence-electron chi connectivity index (χ3n) is 3.60. The number of hydrogen-bond donors (Lipinski definition) is 1. The maximum absolute atomic E-state index is 5.81.